The number of benzene rings is 1. The van der Waals surface area contributed by atoms with Crippen molar-refractivity contribution in [1.29, 1.82) is 0 Å². The van der Waals surface area contributed by atoms with E-state index in [0.717, 1.165) is 0 Å². The molecule has 0 heterocycles. The molecule has 0 bridgehead atoms. The molecule has 0 aromatic heterocycles. The van der Waals surface area contributed by atoms with Crippen molar-refractivity contribution in [1.82, 2.24) is 0 Å². The van der Waals surface area contributed by atoms with Gasteiger partial charge in [0, 0.05) is 6.54 Å². The molecule has 7 heteroatoms. The van der Waals surface area contributed by atoms with Crippen LogP contribution in [0.25, 0.3) is 0 Å². The minimum absolute atomic E-state index is 0.000463. The highest BCUT2D eigenvalue weighted by atomic mass is 79.9. The number of nitrogens with two attached hydrogens (primary N) is 1. The molecule has 0 aliphatic rings. The molecule has 0 saturated heterocycles. The highest BCUT2D eigenvalue weighted by Gasteiger charge is 2.35. The lowest BCUT2D eigenvalue weighted by Crippen LogP contribution is -2.13. The van der Waals surface area contributed by atoms with Gasteiger partial charge in [0.2, 0.25) is 0 Å². The zero-order valence-electron chi connectivity index (χ0n) is 7.92. The largest absolute Gasteiger partial charge is 0.506 e. The third-order valence-electron chi connectivity index (χ3n) is 2.00. The lowest BCUT2D eigenvalue weighted by atomic mass is 10.0. The summed E-state index contributed by atoms with van der Waals surface area (Å²) in [5.74, 6) is -0.902. The Kier molecular flexibility index (Phi) is 3.82. The van der Waals surface area contributed by atoms with E-state index >= 15 is 0 Å². The van der Waals surface area contributed by atoms with Gasteiger partial charge < -0.3 is 15.9 Å². The topological polar surface area (TPSA) is 66.5 Å². The van der Waals surface area contributed by atoms with E-state index in [1.165, 1.54) is 6.07 Å². The number of halogens is 4. The fraction of sp³-hybridized carbons (Fsp3) is 0.333. The number of hydrogen-bond donors (Lipinski definition) is 3. The Labute approximate surface area is 97.8 Å². The van der Waals surface area contributed by atoms with Crippen LogP contribution in [0.3, 0.4) is 0 Å². The average molecular weight is 300 g/mol. The van der Waals surface area contributed by atoms with E-state index in [1.54, 1.807) is 0 Å². The second-order valence-corrected chi connectivity index (χ2v) is 4.00. The molecule has 0 aliphatic carbocycles. The molecule has 0 fully saturated rings. The van der Waals surface area contributed by atoms with Crippen LogP contribution in [0.2, 0.25) is 0 Å². The predicted octanol–water partition coefficient (Wildman–Crippen LogP) is 2.17. The molecule has 0 amide bonds. The lowest BCUT2D eigenvalue weighted by molar-refractivity contribution is -0.138. The van der Waals surface area contributed by atoms with Gasteiger partial charge in [0.05, 0.1) is 16.1 Å². The summed E-state index contributed by atoms with van der Waals surface area (Å²) < 4.78 is 37.3. The Morgan fingerprint density at radius 1 is 1.38 bits per heavy atom. The Bertz CT molecular complexity index is 395. The maximum atomic E-state index is 12.5. The van der Waals surface area contributed by atoms with Gasteiger partial charge in [-0.2, -0.15) is 13.2 Å². The van der Waals surface area contributed by atoms with E-state index in [-0.39, 0.29) is 16.6 Å². The molecular formula is C9H9BrF3NO2. The van der Waals surface area contributed by atoms with Crippen LogP contribution in [-0.4, -0.2) is 16.8 Å². The Hall–Kier alpha value is -0.790. The number of aliphatic hydroxyl groups is 1. The number of hydrogen-bond acceptors (Lipinski definition) is 3. The minimum atomic E-state index is -4.68. The number of phenolic OH excluding ortho intramolecular Hbond substituents is 1. The van der Waals surface area contributed by atoms with Gasteiger partial charge in [-0.15, -0.1) is 0 Å². The van der Waals surface area contributed by atoms with E-state index < -0.39 is 23.6 Å². The molecule has 1 aromatic carbocycles. The SMILES string of the molecule is NCC(O)c1cc(Br)c(O)c(C(F)(F)F)c1. The smallest absolute Gasteiger partial charge is 0.420 e. The Morgan fingerprint density at radius 2 is 1.94 bits per heavy atom. The van der Waals surface area contributed by atoms with Crippen molar-refractivity contribution in [2.75, 3.05) is 6.54 Å². The van der Waals surface area contributed by atoms with Crippen LogP contribution in [0, 0.1) is 0 Å². The fourth-order valence-corrected chi connectivity index (χ4v) is 1.64. The van der Waals surface area contributed by atoms with Crippen molar-refractivity contribution in [2.24, 2.45) is 5.73 Å². The number of phenols is 1. The van der Waals surface area contributed by atoms with Gasteiger partial charge in [0.25, 0.3) is 0 Å². The van der Waals surface area contributed by atoms with Crippen molar-refractivity contribution in [3.05, 3.63) is 27.7 Å². The molecule has 0 spiro atoms. The van der Waals surface area contributed by atoms with Crippen molar-refractivity contribution in [2.45, 2.75) is 12.3 Å². The molecule has 16 heavy (non-hydrogen) atoms. The third-order valence-corrected chi connectivity index (χ3v) is 2.60. The monoisotopic (exact) mass is 299 g/mol. The number of aliphatic hydroxyl groups excluding tert-OH is 1. The molecule has 0 saturated carbocycles. The average Bonchev–Trinajstić information content (AvgIpc) is 2.18. The molecular weight excluding hydrogens is 291 g/mol. The van der Waals surface area contributed by atoms with Gasteiger partial charge in [-0.3, -0.25) is 0 Å². The van der Waals surface area contributed by atoms with Crippen LogP contribution in [0.5, 0.6) is 5.75 Å². The summed E-state index contributed by atoms with van der Waals surface area (Å²) in [4.78, 5) is 0. The van der Waals surface area contributed by atoms with Crippen LogP contribution in [0.1, 0.15) is 17.2 Å². The first kappa shape index (κ1) is 13.3. The number of rotatable bonds is 2. The van der Waals surface area contributed by atoms with Crippen molar-refractivity contribution in [3.8, 4) is 5.75 Å². The zero-order chi connectivity index (χ0) is 12.5. The van der Waals surface area contributed by atoms with Crippen LogP contribution in [0.4, 0.5) is 13.2 Å². The first-order valence-corrected chi connectivity index (χ1v) is 5.04. The molecule has 1 atom stereocenters. The molecule has 0 radical (unpaired) electrons. The van der Waals surface area contributed by atoms with E-state index in [2.05, 4.69) is 15.9 Å². The molecule has 1 aromatic rings. The lowest BCUT2D eigenvalue weighted by Gasteiger charge is -2.15. The quantitative estimate of drug-likeness (QED) is 0.784. The van der Waals surface area contributed by atoms with E-state index in [0.29, 0.717) is 6.07 Å². The minimum Gasteiger partial charge on any atom is -0.506 e. The van der Waals surface area contributed by atoms with Gasteiger partial charge in [0.1, 0.15) is 5.75 Å². The van der Waals surface area contributed by atoms with Crippen LogP contribution >= 0.6 is 15.9 Å². The van der Waals surface area contributed by atoms with Crippen molar-refractivity contribution in [3.63, 3.8) is 0 Å². The summed E-state index contributed by atoms with van der Waals surface area (Å²) >= 11 is 2.78. The summed E-state index contributed by atoms with van der Waals surface area (Å²) in [6.07, 6.45) is -5.88. The first-order valence-electron chi connectivity index (χ1n) is 4.25. The predicted molar refractivity (Wildman–Crippen MR) is 54.8 cm³/mol. The van der Waals surface area contributed by atoms with Gasteiger partial charge in [-0.25, -0.2) is 0 Å². The highest BCUT2D eigenvalue weighted by Crippen LogP contribution is 2.41. The van der Waals surface area contributed by atoms with Crippen LogP contribution in [-0.2, 0) is 6.18 Å². The van der Waals surface area contributed by atoms with Gasteiger partial charge in [-0.05, 0) is 33.6 Å². The highest BCUT2D eigenvalue weighted by molar-refractivity contribution is 9.10. The molecule has 1 unspecified atom stereocenters. The molecule has 4 N–H and O–H groups in total. The number of aromatic hydroxyl groups is 1. The summed E-state index contributed by atoms with van der Waals surface area (Å²) in [5.41, 5.74) is 3.94. The normalized spacial score (nSPS) is 13.9. The molecule has 1 rings (SSSR count). The zero-order valence-corrected chi connectivity index (χ0v) is 9.51. The Balaban J connectivity index is 3.33. The summed E-state index contributed by atoms with van der Waals surface area (Å²) in [6, 6.07) is 1.87. The standard InChI is InChI=1S/C9H9BrF3NO2/c10-6-2-4(7(15)3-14)1-5(8(6)16)9(11,12)13/h1-2,7,15-16H,3,14H2. The Morgan fingerprint density at radius 3 is 2.38 bits per heavy atom. The summed E-state index contributed by atoms with van der Waals surface area (Å²) in [6.45, 7) is -0.200. The van der Waals surface area contributed by atoms with E-state index in [9.17, 15) is 23.4 Å². The summed E-state index contributed by atoms with van der Waals surface area (Å²) in [5, 5.41) is 18.6. The number of alkyl halides is 3. The third kappa shape index (κ3) is 2.66. The molecule has 3 nitrogen and oxygen atoms in total. The second-order valence-electron chi connectivity index (χ2n) is 3.15. The van der Waals surface area contributed by atoms with Crippen LogP contribution in [0.15, 0.2) is 16.6 Å². The van der Waals surface area contributed by atoms with Gasteiger partial charge >= 0.3 is 6.18 Å². The first-order chi connectivity index (χ1) is 7.27. The van der Waals surface area contributed by atoms with Gasteiger partial charge in [0.15, 0.2) is 0 Å². The molecule has 90 valence electrons. The van der Waals surface area contributed by atoms with Gasteiger partial charge in [-0.1, -0.05) is 0 Å². The van der Waals surface area contributed by atoms with E-state index in [1.807, 2.05) is 0 Å². The molecule has 0 aliphatic heterocycles. The maximum absolute atomic E-state index is 12.5. The van der Waals surface area contributed by atoms with Crippen molar-refractivity contribution < 1.29 is 23.4 Å². The van der Waals surface area contributed by atoms with Crippen molar-refractivity contribution >= 4 is 15.9 Å². The van der Waals surface area contributed by atoms with Crippen LogP contribution < -0.4 is 5.73 Å². The summed E-state index contributed by atoms with van der Waals surface area (Å²) in [7, 11) is 0. The second kappa shape index (κ2) is 4.60. The maximum Gasteiger partial charge on any atom is 0.420 e. The van der Waals surface area contributed by atoms with E-state index in [4.69, 9.17) is 5.73 Å². The fourth-order valence-electron chi connectivity index (χ4n) is 1.16.